The Labute approximate surface area is 278 Å². The molecule has 2 aliphatic rings. The highest BCUT2D eigenvalue weighted by molar-refractivity contribution is 7.21. The van der Waals surface area contributed by atoms with E-state index in [1.54, 1.807) is 13.0 Å². The smallest absolute Gasteiger partial charge is 0.332 e. The highest BCUT2D eigenvalue weighted by Crippen LogP contribution is 2.37. The van der Waals surface area contributed by atoms with Gasteiger partial charge in [0.1, 0.15) is 40.2 Å². The number of nitrogens with one attached hydrogen (secondary N) is 1. The maximum absolute atomic E-state index is 15.0. The first-order chi connectivity index (χ1) is 23.3. The van der Waals surface area contributed by atoms with E-state index in [9.17, 15) is 19.5 Å². The number of benzene rings is 2. The zero-order valence-corrected chi connectivity index (χ0v) is 27.1. The van der Waals surface area contributed by atoms with E-state index in [0.29, 0.717) is 58.9 Å². The highest BCUT2D eigenvalue weighted by Gasteiger charge is 2.34. The first-order valence-corrected chi connectivity index (χ1v) is 16.8. The number of aryl methyl sites for hydroxylation is 1. The van der Waals surface area contributed by atoms with E-state index in [0.717, 1.165) is 10.1 Å². The molecule has 3 aromatic heterocycles. The molecule has 7 rings (SSSR count). The fraction of sp³-hybridized carbons (Fsp3) is 0.382. The second kappa shape index (κ2) is 13.5. The van der Waals surface area contributed by atoms with Crippen LogP contribution >= 0.6 is 11.3 Å². The quantitative estimate of drug-likeness (QED) is 0.227. The molecule has 0 spiro atoms. The van der Waals surface area contributed by atoms with Crippen LogP contribution < -0.4 is 21.3 Å². The van der Waals surface area contributed by atoms with E-state index >= 15 is 4.39 Å². The van der Waals surface area contributed by atoms with Crippen LogP contribution in [0.3, 0.4) is 0 Å². The Morgan fingerprint density at radius 1 is 1.04 bits per heavy atom. The van der Waals surface area contributed by atoms with Gasteiger partial charge in [-0.15, -0.1) is 4.80 Å². The number of aromatic nitrogens is 5. The standard InChI is InChI=1S/C34H35FN6O6S/c1-20-29-31(44)40(26-13-14-36-30(26)43)34(45)39(33(29)48-32(20)41-37-15-16-38-41)18-28(47-24-10-8-23(42)9-11-24)25-17-22(35)7-12-27(25)46-19-21-5-3-2-4-6-21/h2-7,12,15-17,23-24,26,28,42H,8-11,13-14,18-19H2,1H3,(H,36,43)/t23?,24?,26-,28+/m1/s1. The molecule has 0 bridgehead atoms. The second-order valence-corrected chi connectivity index (χ2v) is 13.2. The zero-order chi connectivity index (χ0) is 33.4. The number of hydrogen-bond acceptors (Lipinski definition) is 9. The van der Waals surface area contributed by atoms with E-state index in [1.807, 2.05) is 30.3 Å². The van der Waals surface area contributed by atoms with Crippen LogP contribution in [0, 0.1) is 12.7 Å². The third-order valence-corrected chi connectivity index (χ3v) is 10.3. The van der Waals surface area contributed by atoms with Crippen molar-refractivity contribution in [2.45, 2.75) is 76.5 Å². The maximum Gasteiger partial charge on any atom is 0.332 e. The summed E-state index contributed by atoms with van der Waals surface area (Å²) in [5, 5.41) is 22.2. The summed E-state index contributed by atoms with van der Waals surface area (Å²) in [5.74, 6) is -0.524. The van der Waals surface area contributed by atoms with Gasteiger partial charge in [-0.25, -0.2) is 13.8 Å². The Bertz CT molecular complexity index is 2050. The van der Waals surface area contributed by atoms with Crippen molar-refractivity contribution in [1.29, 1.82) is 0 Å². The van der Waals surface area contributed by atoms with Crippen LogP contribution in [-0.4, -0.2) is 53.9 Å². The van der Waals surface area contributed by atoms with Gasteiger partial charge in [-0.05, 0) is 62.8 Å². The zero-order valence-electron chi connectivity index (χ0n) is 26.3. The summed E-state index contributed by atoms with van der Waals surface area (Å²) in [6.07, 6.45) is 3.96. The van der Waals surface area contributed by atoms with Crippen molar-refractivity contribution in [3.63, 3.8) is 0 Å². The molecule has 2 atom stereocenters. The number of carbonyl (C=O) groups is 1. The SMILES string of the molecule is Cc1c(-n2nccn2)sc2c1c(=O)n([C@@H]1CCNC1=O)c(=O)n2C[C@H](OC1CCC(O)CC1)c1cc(F)ccc1OCc1ccccc1. The highest BCUT2D eigenvalue weighted by atomic mass is 32.1. The normalized spacial score (nSPS) is 20.2. The minimum Gasteiger partial charge on any atom is -0.489 e. The summed E-state index contributed by atoms with van der Waals surface area (Å²) in [6, 6.07) is 12.8. The van der Waals surface area contributed by atoms with E-state index in [1.165, 1.54) is 45.2 Å². The van der Waals surface area contributed by atoms with Crippen molar-refractivity contribution in [2.24, 2.45) is 0 Å². The largest absolute Gasteiger partial charge is 0.489 e. The number of aliphatic hydroxyl groups is 1. The average molecular weight is 675 g/mol. The number of halogens is 1. The van der Waals surface area contributed by atoms with Crippen LogP contribution in [0.2, 0.25) is 0 Å². The predicted octanol–water partition coefficient (Wildman–Crippen LogP) is 3.95. The molecule has 0 unspecified atom stereocenters. The molecule has 1 saturated heterocycles. The molecule has 1 saturated carbocycles. The maximum atomic E-state index is 15.0. The molecule has 2 fully saturated rings. The summed E-state index contributed by atoms with van der Waals surface area (Å²) >= 11 is 1.18. The third-order valence-electron chi connectivity index (χ3n) is 9.05. The van der Waals surface area contributed by atoms with Gasteiger partial charge in [0.15, 0.2) is 0 Å². The van der Waals surface area contributed by atoms with Crippen LogP contribution in [0.25, 0.3) is 15.2 Å². The van der Waals surface area contributed by atoms with Gasteiger partial charge in [0.05, 0.1) is 36.5 Å². The van der Waals surface area contributed by atoms with Crippen molar-refractivity contribution in [2.75, 3.05) is 6.54 Å². The Hall–Kier alpha value is -4.66. The summed E-state index contributed by atoms with van der Waals surface area (Å²) in [6.45, 7) is 2.21. The van der Waals surface area contributed by atoms with Gasteiger partial charge < -0.3 is 19.9 Å². The summed E-state index contributed by atoms with van der Waals surface area (Å²) in [7, 11) is 0. The molecule has 1 aliphatic carbocycles. The topological polar surface area (TPSA) is 142 Å². The summed E-state index contributed by atoms with van der Waals surface area (Å²) < 4.78 is 30.4. The number of thiophene rings is 1. The lowest BCUT2D eigenvalue weighted by Crippen LogP contribution is -2.44. The average Bonchev–Trinajstić information content (AvgIpc) is 3.84. The predicted molar refractivity (Wildman–Crippen MR) is 176 cm³/mol. The number of nitrogens with zero attached hydrogens (tertiary/aromatic N) is 5. The number of rotatable bonds is 10. The molecule has 2 N–H and O–H groups in total. The first kappa shape index (κ1) is 31.9. The molecule has 0 radical (unpaired) electrons. The monoisotopic (exact) mass is 674 g/mol. The number of carbonyl (C=O) groups excluding carboxylic acids is 1. The third kappa shape index (κ3) is 6.18. The molecule has 1 aliphatic heterocycles. The number of hydrogen-bond donors (Lipinski definition) is 2. The van der Waals surface area contributed by atoms with E-state index < -0.39 is 41.2 Å². The Kier molecular flexibility index (Phi) is 8.94. The minimum atomic E-state index is -0.982. The van der Waals surface area contributed by atoms with Crippen molar-refractivity contribution < 1.29 is 23.8 Å². The fourth-order valence-electron chi connectivity index (χ4n) is 6.56. The van der Waals surface area contributed by atoms with Gasteiger partial charge >= 0.3 is 5.69 Å². The van der Waals surface area contributed by atoms with Crippen LogP contribution in [0.4, 0.5) is 4.39 Å². The summed E-state index contributed by atoms with van der Waals surface area (Å²) in [4.78, 5) is 43.1. The molecule has 1 amide bonds. The molecule has 4 heterocycles. The van der Waals surface area contributed by atoms with E-state index in [-0.39, 0.29) is 31.1 Å². The molecular formula is C34H35FN6O6S. The molecule has 5 aromatic rings. The van der Waals surface area contributed by atoms with Gasteiger partial charge in [-0.1, -0.05) is 41.7 Å². The Balaban J connectivity index is 1.38. The molecular weight excluding hydrogens is 639 g/mol. The molecule has 14 heteroatoms. The lowest BCUT2D eigenvalue weighted by molar-refractivity contribution is -0.122. The van der Waals surface area contributed by atoms with Gasteiger partial charge in [-0.2, -0.15) is 10.2 Å². The number of ether oxygens (including phenoxy) is 2. The van der Waals surface area contributed by atoms with Crippen LogP contribution in [0.15, 0.2) is 70.5 Å². The van der Waals surface area contributed by atoms with Crippen molar-refractivity contribution in [3.8, 4) is 10.8 Å². The number of fused-ring (bicyclic) bond motifs is 1. The van der Waals surface area contributed by atoms with E-state index in [2.05, 4.69) is 15.5 Å². The minimum absolute atomic E-state index is 0.111. The van der Waals surface area contributed by atoms with Crippen molar-refractivity contribution >= 4 is 27.5 Å². The molecule has 48 heavy (non-hydrogen) atoms. The number of aliphatic hydroxyl groups excluding tert-OH is 1. The van der Waals surface area contributed by atoms with Crippen molar-refractivity contribution in [1.82, 2.24) is 29.4 Å². The van der Waals surface area contributed by atoms with Crippen LogP contribution in [0.1, 0.15) is 60.9 Å². The van der Waals surface area contributed by atoms with Gasteiger partial charge in [0, 0.05) is 17.7 Å². The molecule has 12 nitrogen and oxygen atoms in total. The van der Waals surface area contributed by atoms with Gasteiger partial charge in [-0.3, -0.25) is 14.2 Å². The number of amides is 1. The summed E-state index contributed by atoms with van der Waals surface area (Å²) in [5.41, 5.74) is 0.632. The first-order valence-electron chi connectivity index (χ1n) is 16.0. The Morgan fingerprint density at radius 2 is 1.79 bits per heavy atom. The molecule has 250 valence electrons. The lowest BCUT2D eigenvalue weighted by Gasteiger charge is -2.31. The van der Waals surface area contributed by atoms with Gasteiger partial charge in [0.25, 0.3) is 5.56 Å². The Morgan fingerprint density at radius 3 is 2.50 bits per heavy atom. The van der Waals surface area contributed by atoms with Crippen LogP contribution in [0.5, 0.6) is 5.75 Å². The van der Waals surface area contributed by atoms with Crippen molar-refractivity contribution in [3.05, 3.63) is 104 Å². The second-order valence-electron chi connectivity index (χ2n) is 12.2. The van der Waals surface area contributed by atoms with Crippen LogP contribution in [-0.2, 0) is 22.7 Å². The van der Waals surface area contributed by atoms with Gasteiger partial charge in [0.2, 0.25) is 5.91 Å². The fourth-order valence-corrected chi connectivity index (χ4v) is 7.78. The lowest BCUT2D eigenvalue weighted by atomic mass is 9.94. The molecule has 2 aromatic carbocycles. The van der Waals surface area contributed by atoms with E-state index in [4.69, 9.17) is 9.47 Å².